The summed E-state index contributed by atoms with van der Waals surface area (Å²) < 4.78 is 40.3. The summed E-state index contributed by atoms with van der Waals surface area (Å²) in [5, 5.41) is 2.78. The van der Waals surface area contributed by atoms with E-state index >= 15 is 0 Å². The summed E-state index contributed by atoms with van der Waals surface area (Å²) >= 11 is 0. The average molecular weight is 361 g/mol. The summed E-state index contributed by atoms with van der Waals surface area (Å²) in [5.74, 6) is -0.486. The Labute approximate surface area is 148 Å². The number of hydrogen-bond acceptors (Lipinski definition) is 2. The molecule has 1 amide bonds. The summed E-state index contributed by atoms with van der Waals surface area (Å²) in [6.07, 6.45) is -3.15. The Bertz CT molecular complexity index is 990. The number of halogens is 3. The molecule has 4 nitrogen and oxygen atoms in total. The summed E-state index contributed by atoms with van der Waals surface area (Å²) in [6, 6.07) is 7.80. The van der Waals surface area contributed by atoms with Gasteiger partial charge in [0.25, 0.3) is 5.91 Å². The molecule has 0 atom stereocenters. The van der Waals surface area contributed by atoms with Crippen molar-refractivity contribution >= 4 is 17.2 Å². The minimum absolute atomic E-state index is 0.119. The van der Waals surface area contributed by atoms with Crippen molar-refractivity contribution in [1.82, 2.24) is 9.38 Å². The number of nitrogens with one attached hydrogen (secondary N) is 1. The second-order valence-electron chi connectivity index (χ2n) is 6.18. The molecule has 0 radical (unpaired) electrons. The van der Waals surface area contributed by atoms with Crippen LogP contribution in [-0.4, -0.2) is 15.3 Å². The first-order valence-corrected chi connectivity index (χ1v) is 8.17. The number of imidazole rings is 1. The van der Waals surface area contributed by atoms with Crippen LogP contribution in [-0.2, 0) is 12.6 Å². The van der Waals surface area contributed by atoms with Gasteiger partial charge in [0.05, 0.1) is 11.3 Å². The SMILES string of the molecule is CCc1nc2ccc(C(F)(F)F)cn2c1C(=O)Nc1ccc(C)cc1C. The van der Waals surface area contributed by atoms with Gasteiger partial charge in [-0.25, -0.2) is 4.98 Å². The number of aromatic nitrogens is 2. The molecule has 0 aliphatic carbocycles. The molecule has 0 aliphatic heterocycles. The third-order valence-corrected chi connectivity index (χ3v) is 4.20. The van der Waals surface area contributed by atoms with Gasteiger partial charge in [0.2, 0.25) is 0 Å². The first-order valence-electron chi connectivity index (χ1n) is 8.17. The molecule has 3 rings (SSSR count). The van der Waals surface area contributed by atoms with Crippen molar-refractivity contribution in [2.24, 2.45) is 0 Å². The highest BCUT2D eigenvalue weighted by Gasteiger charge is 2.31. The van der Waals surface area contributed by atoms with Gasteiger partial charge in [-0.1, -0.05) is 24.6 Å². The van der Waals surface area contributed by atoms with E-state index in [-0.39, 0.29) is 5.69 Å². The van der Waals surface area contributed by atoms with E-state index in [2.05, 4.69) is 10.3 Å². The molecule has 0 unspecified atom stereocenters. The van der Waals surface area contributed by atoms with Gasteiger partial charge >= 0.3 is 6.18 Å². The predicted octanol–water partition coefficient (Wildman–Crippen LogP) is 4.78. The van der Waals surface area contributed by atoms with Gasteiger partial charge in [0.1, 0.15) is 11.3 Å². The molecular formula is C19H18F3N3O. The van der Waals surface area contributed by atoms with Crippen LogP contribution >= 0.6 is 0 Å². The summed E-state index contributed by atoms with van der Waals surface area (Å²) in [7, 11) is 0. The summed E-state index contributed by atoms with van der Waals surface area (Å²) in [5.41, 5.74) is 2.59. The monoisotopic (exact) mass is 361 g/mol. The number of amides is 1. The molecule has 0 spiro atoms. The lowest BCUT2D eigenvalue weighted by Gasteiger charge is -2.11. The fraction of sp³-hybridized carbons (Fsp3) is 0.263. The first-order chi connectivity index (χ1) is 12.2. The molecular weight excluding hydrogens is 343 g/mol. The van der Waals surface area contributed by atoms with Crippen LogP contribution in [0, 0.1) is 13.8 Å². The van der Waals surface area contributed by atoms with Crippen molar-refractivity contribution < 1.29 is 18.0 Å². The number of anilines is 1. The van der Waals surface area contributed by atoms with Crippen molar-refractivity contribution in [1.29, 1.82) is 0 Å². The third-order valence-electron chi connectivity index (χ3n) is 4.20. The van der Waals surface area contributed by atoms with Crippen molar-refractivity contribution in [2.75, 3.05) is 5.32 Å². The Balaban J connectivity index is 2.08. The molecule has 7 heteroatoms. The van der Waals surface area contributed by atoms with E-state index in [4.69, 9.17) is 0 Å². The summed E-state index contributed by atoms with van der Waals surface area (Å²) in [4.78, 5) is 17.1. The zero-order valence-corrected chi connectivity index (χ0v) is 14.6. The number of carbonyl (C=O) groups is 1. The molecule has 2 heterocycles. The highest BCUT2D eigenvalue weighted by Crippen LogP contribution is 2.30. The second-order valence-corrected chi connectivity index (χ2v) is 6.18. The molecule has 2 aromatic heterocycles. The predicted molar refractivity (Wildman–Crippen MR) is 93.4 cm³/mol. The van der Waals surface area contributed by atoms with Crippen molar-refractivity contribution in [3.8, 4) is 0 Å². The van der Waals surface area contributed by atoms with Gasteiger partial charge in [0, 0.05) is 11.9 Å². The minimum atomic E-state index is -4.49. The van der Waals surface area contributed by atoms with Crippen LogP contribution in [0.4, 0.5) is 18.9 Å². The van der Waals surface area contributed by atoms with E-state index in [1.54, 1.807) is 13.0 Å². The van der Waals surface area contributed by atoms with E-state index in [1.165, 1.54) is 10.5 Å². The Morgan fingerprint density at radius 2 is 1.92 bits per heavy atom. The van der Waals surface area contributed by atoms with Gasteiger partial charge in [0.15, 0.2) is 0 Å². The second kappa shape index (κ2) is 6.48. The Kier molecular flexibility index (Phi) is 4.48. The van der Waals surface area contributed by atoms with Crippen LogP contribution in [0.1, 0.15) is 39.8 Å². The van der Waals surface area contributed by atoms with Gasteiger partial charge in [-0.15, -0.1) is 0 Å². The Hall–Kier alpha value is -2.83. The van der Waals surface area contributed by atoms with E-state index in [0.717, 1.165) is 23.4 Å². The normalized spacial score (nSPS) is 11.8. The lowest BCUT2D eigenvalue weighted by atomic mass is 10.1. The van der Waals surface area contributed by atoms with Crippen molar-refractivity contribution in [3.05, 3.63) is 64.6 Å². The number of nitrogens with zero attached hydrogens (tertiary/aromatic N) is 2. The molecule has 0 fully saturated rings. The highest BCUT2D eigenvalue weighted by molar-refractivity contribution is 6.05. The van der Waals surface area contributed by atoms with Crippen LogP contribution in [0.2, 0.25) is 0 Å². The summed E-state index contributed by atoms with van der Waals surface area (Å²) in [6.45, 7) is 5.61. The van der Waals surface area contributed by atoms with Crippen LogP contribution in [0.15, 0.2) is 36.5 Å². The minimum Gasteiger partial charge on any atom is -0.320 e. The van der Waals surface area contributed by atoms with Crippen molar-refractivity contribution in [3.63, 3.8) is 0 Å². The van der Waals surface area contributed by atoms with E-state index < -0.39 is 17.6 Å². The number of aryl methyl sites for hydroxylation is 3. The molecule has 1 aromatic carbocycles. The zero-order chi connectivity index (χ0) is 19.1. The van der Waals surface area contributed by atoms with Crippen LogP contribution < -0.4 is 5.32 Å². The third kappa shape index (κ3) is 3.29. The fourth-order valence-electron chi connectivity index (χ4n) is 2.88. The lowest BCUT2D eigenvalue weighted by molar-refractivity contribution is -0.137. The van der Waals surface area contributed by atoms with E-state index in [1.807, 2.05) is 26.0 Å². The number of hydrogen-bond donors (Lipinski definition) is 1. The highest BCUT2D eigenvalue weighted by atomic mass is 19.4. The molecule has 136 valence electrons. The van der Waals surface area contributed by atoms with Gasteiger partial charge in [-0.05, 0) is 44.0 Å². The maximum atomic E-state index is 13.0. The fourth-order valence-corrected chi connectivity index (χ4v) is 2.88. The molecule has 0 aliphatic rings. The number of carbonyl (C=O) groups excluding carboxylic acids is 1. The molecule has 0 saturated carbocycles. The standard InChI is InChI=1S/C19H18F3N3O/c1-4-14-17(18(26)24-15-7-5-11(2)9-12(15)3)25-10-13(19(20,21)22)6-8-16(25)23-14/h5-10H,4H2,1-3H3,(H,24,26). The van der Waals surface area contributed by atoms with Gasteiger partial charge in [-0.3, -0.25) is 9.20 Å². The Morgan fingerprint density at radius 3 is 2.54 bits per heavy atom. The van der Waals surface area contributed by atoms with Crippen LogP contribution in [0.25, 0.3) is 5.65 Å². The maximum absolute atomic E-state index is 13.0. The van der Waals surface area contributed by atoms with E-state index in [9.17, 15) is 18.0 Å². The molecule has 1 N–H and O–H groups in total. The molecule has 0 bridgehead atoms. The topological polar surface area (TPSA) is 46.4 Å². The molecule has 0 saturated heterocycles. The quantitative estimate of drug-likeness (QED) is 0.729. The first kappa shape index (κ1) is 18.0. The largest absolute Gasteiger partial charge is 0.417 e. The number of rotatable bonds is 3. The smallest absolute Gasteiger partial charge is 0.320 e. The number of pyridine rings is 1. The van der Waals surface area contributed by atoms with Gasteiger partial charge in [-0.2, -0.15) is 13.2 Å². The number of benzene rings is 1. The van der Waals surface area contributed by atoms with Crippen molar-refractivity contribution in [2.45, 2.75) is 33.4 Å². The van der Waals surface area contributed by atoms with Crippen LogP contribution in [0.3, 0.4) is 0 Å². The van der Waals surface area contributed by atoms with E-state index in [0.29, 0.717) is 23.4 Å². The lowest BCUT2D eigenvalue weighted by Crippen LogP contribution is -2.17. The molecule has 26 heavy (non-hydrogen) atoms. The maximum Gasteiger partial charge on any atom is 0.417 e. The number of alkyl halides is 3. The zero-order valence-electron chi connectivity index (χ0n) is 14.6. The average Bonchev–Trinajstić information content (AvgIpc) is 2.94. The molecule has 3 aromatic rings. The number of fused-ring (bicyclic) bond motifs is 1. The Morgan fingerprint density at radius 1 is 1.19 bits per heavy atom. The van der Waals surface area contributed by atoms with Crippen LogP contribution in [0.5, 0.6) is 0 Å². The van der Waals surface area contributed by atoms with Gasteiger partial charge < -0.3 is 5.32 Å².